The van der Waals surface area contributed by atoms with E-state index < -0.39 is 11.6 Å². The SMILES string of the molecule is CC1(C)CC(CCNc2cc(F)c(N3CCOCC3)cc2F)C(=O)N1. The molecule has 0 saturated carbocycles. The molecule has 2 fully saturated rings. The second kappa shape index (κ2) is 7.15. The lowest BCUT2D eigenvalue weighted by atomic mass is 9.94. The lowest BCUT2D eigenvalue weighted by Crippen LogP contribution is -2.36. The lowest BCUT2D eigenvalue weighted by molar-refractivity contribution is -0.122. The van der Waals surface area contributed by atoms with Gasteiger partial charge in [0.05, 0.1) is 24.6 Å². The van der Waals surface area contributed by atoms with Gasteiger partial charge in [0.15, 0.2) is 0 Å². The number of hydrogen-bond acceptors (Lipinski definition) is 4. The number of morpholine rings is 1. The smallest absolute Gasteiger partial charge is 0.223 e. The summed E-state index contributed by atoms with van der Waals surface area (Å²) in [5.41, 5.74) is 0.203. The Labute approximate surface area is 146 Å². The quantitative estimate of drug-likeness (QED) is 0.854. The van der Waals surface area contributed by atoms with Gasteiger partial charge < -0.3 is 20.3 Å². The minimum absolute atomic E-state index is 0.0288. The van der Waals surface area contributed by atoms with Crippen molar-refractivity contribution in [3.05, 3.63) is 23.8 Å². The van der Waals surface area contributed by atoms with E-state index >= 15 is 0 Å². The van der Waals surface area contributed by atoms with Crippen LogP contribution in [0.1, 0.15) is 26.7 Å². The second-order valence-electron chi connectivity index (χ2n) is 7.37. The lowest BCUT2D eigenvalue weighted by Gasteiger charge is -2.29. The molecule has 3 rings (SSSR count). The molecule has 0 spiro atoms. The Morgan fingerprint density at radius 2 is 2.00 bits per heavy atom. The number of nitrogens with one attached hydrogen (secondary N) is 2. The average molecular weight is 353 g/mol. The number of nitrogens with zero attached hydrogens (tertiary/aromatic N) is 1. The average Bonchev–Trinajstić information content (AvgIpc) is 2.83. The van der Waals surface area contributed by atoms with Crippen molar-refractivity contribution < 1.29 is 18.3 Å². The summed E-state index contributed by atoms with van der Waals surface area (Å²) in [5.74, 6) is -1.01. The molecule has 2 heterocycles. The van der Waals surface area contributed by atoms with E-state index in [1.807, 2.05) is 13.8 Å². The summed E-state index contributed by atoms with van der Waals surface area (Å²) in [6.07, 6.45) is 1.34. The summed E-state index contributed by atoms with van der Waals surface area (Å²) in [4.78, 5) is 13.7. The van der Waals surface area contributed by atoms with E-state index in [1.54, 1.807) is 4.90 Å². The Kier molecular flexibility index (Phi) is 5.13. The van der Waals surface area contributed by atoms with Gasteiger partial charge in [-0.25, -0.2) is 8.78 Å². The fraction of sp³-hybridized carbons (Fsp3) is 0.611. The van der Waals surface area contributed by atoms with Crippen molar-refractivity contribution in [2.75, 3.05) is 43.1 Å². The molecule has 138 valence electrons. The largest absolute Gasteiger partial charge is 0.383 e. The van der Waals surface area contributed by atoms with E-state index in [1.165, 1.54) is 12.1 Å². The van der Waals surface area contributed by atoms with Crippen molar-refractivity contribution in [2.24, 2.45) is 5.92 Å². The number of hydrogen-bond donors (Lipinski definition) is 2. The summed E-state index contributed by atoms with van der Waals surface area (Å²) >= 11 is 0. The third-order valence-electron chi connectivity index (χ3n) is 4.79. The van der Waals surface area contributed by atoms with Crippen LogP contribution in [0.5, 0.6) is 0 Å². The van der Waals surface area contributed by atoms with Gasteiger partial charge in [0.25, 0.3) is 0 Å². The van der Waals surface area contributed by atoms with Crippen molar-refractivity contribution in [1.82, 2.24) is 5.32 Å². The predicted molar refractivity (Wildman–Crippen MR) is 92.8 cm³/mol. The van der Waals surface area contributed by atoms with Crippen LogP contribution in [0.2, 0.25) is 0 Å². The molecule has 1 aromatic rings. The van der Waals surface area contributed by atoms with Crippen LogP contribution in [0, 0.1) is 17.6 Å². The van der Waals surface area contributed by atoms with Crippen LogP contribution in [0.25, 0.3) is 0 Å². The molecule has 1 unspecified atom stereocenters. The van der Waals surface area contributed by atoms with Crippen molar-refractivity contribution in [1.29, 1.82) is 0 Å². The molecule has 0 aliphatic carbocycles. The summed E-state index contributed by atoms with van der Waals surface area (Å²) in [5, 5.41) is 5.86. The van der Waals surface area contributed by atoms with Crippen LogP contribution in [-0.2, 0) is 9.53 Å². The molecule has 2 saturated heterocycles. The van der Waals surface area contributed by atoms with Crippen LogP contribution < -0.4 is 15.5 Å². The highest BCUT2D eigenvalue weighted by Gasteiger charge is 2.36. The van der Waals surface area contributed by atoms with E-state index in [0.29, 0.717) is 39.3 Å². The first-order chi connectivity index (χ1) is 11.9. The summed E-state index contributed by atoms with van der Waals surface area (Å²) in [7, 11) is 0. The number of amides is 1. The molecule has 1 aromatic carbocycles. The van der Waals surface area contributed by atoms with Crippen LogP contribution in [0.15, 0.2) is 12.1 Å². The van der Waals surface area contributed by atoms with Gasteiger partial charge >= 0.3 is 0 Å². The minimum Gasteiger partial charge on any atom is -0.383 e. The number of halogens is 2. The molecule has 2 N–H and O–H groups in total. The predicted octanol–water partition coefficient (Wildman–Crippen LogP) is 2.52. The van der Waals surface area contributed by atoms with E-state index in [4.69, 9.17) is 4.74 Å². The normalized spacial score (nSPS) is 22.8. The van der Waals surface area contributed by atoms with Gasteiger partial charge in [-0.15, -0.1) is 0 Å². The summed E-state index contributed by atoms with van der Waals surface area (Å²) in [6.45, 7) is 6.52. The molecular formula is C18H25F2N3O2. The van der Waals surface area contributed by atoms with E-state index in [-0.39, 0.29) is 28.7 Å². The van der Waals surface area contributed by atoms with Gasteiger partial charge in [-0.1, -0.05) is 0 Å². The Hall–Kier alpha value is -1.89. The standard InChI is InChI=1S/C18H25F2N3O2/c1-18(2)11-12(17(24)22-18)3-4-21-15-9-14(20)16(10-13(15)19)23-5-7-25-8-6-23/h9-10,12,21H,3-8,11H2,1-2H3,(H,22,24). The van der Waals surface area contributed by atoms with Crippen molar-refractivity contribution in [2.45, 2.75) is 32.2 Å². The zero-order valence-electron chi connectivity index (χ0n) is 14.7. The molecule has 2 aliphatic rings. The molecule has 0 radical (unpaired) electrons. The molecule has 5 nitrogen and oxygen atoms in total. The van der Waals surface area contributed by atoms with Crippen LogP contribution in [-0.4, -0.2) is 44.3 Å². The Morgan fingerprint density at radius 3 is 2.64 bits per heavy atom. The number of carbonyl (C=O) groups excluding carboxylic acids is 1. The van der Waals surface area contributed by atoms with Crippen LogP contribution in [0.3, 0.4) is 0 Å². The zero-order chi connectivity index (χ0) is 18.0. The maximum Gasteiger partial charge on any atom is 0.223 e. The third-order valence-corrected chi connectivity index (χ3v) is 4.79. The van der Waals surface area contributed by atoms with Gasteiger partial charge in [0.2, 0.25) is 5.91 Å². The van der Waals surface area contributed by atoms with Crippen molar-refractivity contribution in [3.8, 4) is 0 Å². The van der Waals surface area contributed by atoms with Crippen molar-refractivity contribution in [3.63, 3.8) is 0 Å². The van der Waals surface area contributed by atoms with Crippen molar-refractivity contribution >= 4 is 17.3 Å². The highest BCUT2D eigenvalue weighted by Crippen LogP contribution is 2.29. The molecule has 2 aliphatic heterocycles. The van der Waals surface area contributed by atoms with E-state index in [0.717, 1.165) is 6.42 Å². The Bertz CT molecular complexity index is 645. The number of carbonyl (C=O) groups is 1. The van der Waals surface area contributed by atoms with Crippen LogP contribution in [0.4, 0.5) is 20.2 Å². The third kappa shape index (κ3) is 4.21. The fourth-order valence-electron chi connectivity index (χ4n) is 3.53. The highest BCUT2D eigenvalue weighted by molar-refractivity contribution is 5.82. The fourth-order valence-corrected chi connectivity index (χ4v) is 3.53. The molecule has 1 atom stereocenters. The Balaban J connectivity index is 1.59. The monoisotopic (exact) mass is 353 g/mol. The zero-order valence-corrected chi connectivity index (χ0v) is 14.7. The van der Waals surface area contributed by atoms with E-state index in [9.17, 15) is 13.6 Å². The first-order valence-electron chi connectivity index (χ1n) is 8.73. The van der Waals surface area contributed by atoms with Gasteiger partial charge in [-0.3, -0.25) is 4.79 Å². The number of rotatable bonds is 5. The van der Waals surface area contributed by atoms with E-state index in [2.05, 4.69) is 10.6 Å². The first kappa shape index (κ1) is 17.9. The number of ether oxygens (including phenoxy) is 1. The highest BCUT2D eigenvalue weighted by atomic mass is 19.1. The maximum atomic E-state index is 14.4. The Morgan fingerprint density at radius 1 is 1.28 bits per heavy atom. The van der Waals surface area contributed by atoms with Crippen LogP contribution >= 0.6 is 0 Å². The molecular weight excluding hydrogens is 328 g/mol. The minimum atomic E-state index is -0.487. The van der Waals surface area contributed by atoms with Gasteiger partial charge in [-0.05, 0) is 26.7 Å². The first-order valence-corrected chi connectivity index (χ1v) is 8.73. The molecule has 25 heavy (non-hydrogen) atoms. The number of anilines is 2. The molecule has 7 heteroatoms. The maximum absolute atomic E-state index is 14.4. The summed E-state index contributed by atoms with van der Waals surface area (Å²) < 4.78 is 33.9. The summed E-state index contributed by atoms with van der Waals surface area (Å²) in [6, 6.07) is 2.42. The molecule has 0 bridgehead atoms. The number of benzene rings is 1. The molecule has 0 aromatic heterocycles. The van der Waals surface area contributed by atoms with Gasteiger partial charge in [0.1, 0.15) is 11.6 Å². The topological polar surface area (TPSA) is 53.6 Å². The second-order valence-corrected chi connectivity index (χ2v) is 7.37. The molecule has 1 amide bonds. The van der Waals surface area contributed by atoms with Gasteiger partial charge in [0, 0.05) is 43.2 Å². The van der Waals surface area contributed by atoms with Gasteiger partial charge in [-0.2, -0.15) is 0 Å².